The van der Waals surface area contributed by atoms with Crippen molar-refractivity contribution in [1.82, 2.24) is 0 Å². The summed E-state index contributed by atoms with van der Waals surface area (Å²) >= 11 is 6.78. The van der Waals surface area contributed by atoms with Crippen molar-refractivity contribution in [3.8, 4) is 0 Å². The maximum atomic E-state index is 11.3. The van der Waals surface area contributed by atoms with Crippen molar-refractivity contribution < 1.29 is 14.3 Å². The van der Waals surface area contributed by atoms with Gasteiger partial charge in [0.05, 0.1) is 16.6 Å². The van der Waals surface area contributed by atoms with Crippen molar-refractivity contribution in [3.05, 3.63) is 57.5 Å². The van der Waals surface area contributed by atoms with E-state index in [1.54, 1.807) is 6.92 Å². The standard InChI is InChI=1S/C18H22Br2O3/c1-2-23-18(21)10-6-9-15(13-17(19)20)11-12-22-14-16-7-4-3-5-8-16/h3-8,10,13,15H,2,9,11-12,14H2,1H3/b10-6-. The van der Waals surface area contributed by atoms with E-state index in [1.807, 2.05) is 24.3 Å². The van der Waals surface area contributed by atoms with Gasteiger partial charge in [-0.3, -0.25) is 0 Å². The van der Waals surface area contributed by atoms with Gasteiger partial charge in [-0.25, -0.2) is 4.79 Å². The van der Waals surface area contributed by atoms with Crippen LogP contribution in [0.5, 0.6) is 0 Å². The molecule has 0 aliphatic heterocycles. The first-order valence-electron chi connectivity index (χ1n) is 7.59. The van der Waals surface area contributed by atoms with Crippen LogP contribution < -0.4 is 0 Å². The third kappa shape index (κ3) is 10.5. The number of halogens is 2. The van der Waals surface area contributed by atoms with Crippen LogP contribution in [0.2, 0.25) is 0 Å². The topological polar surface area (TPSA) is 35.5 Å². The van der Waals surface area contributed by atoms with Gasteiger partial charge in [-0.15, -0.1) is 0 Å². The van der Waals surface area contributed by atoms with Crippen molar-refractivity contribution >= 4 is 37.8 Å². The average Bonchev–Trinajstić information content (AvgIpc) is 2.52. The van der Waals surface area contributed by atoms with Crippen LogP contribution in [-0.4, -0.2) is 19.2 Å². The lowest BCUT2D eigenvalue weighted by Gasteiger charge is -2.11. The number of allylic oxidation sites excluding steroid dienone is 2. The normalized spacial score (nSPS) is 12.1. The van der Waals surface area contributed by atoms with Crippen LogP contribution in [0, 0.1) is 5.92 Å². The van der Waals surface area contributed by atoms with E-state index in [-0.39, 0.29) is 11.9 Å². The molecule has 0 radical (unpaired) electrons. The zero-order valence-electron chi connectivity index (χ0n) is 13.2. The van der Waals surface area contributed by atoms with Crippen LogP contribution in [0.1, 0.15) is 25.3 Å². The van der Waals surface area contributed by atoms with E-state index in [1.165, 1.54) is 11.6 Å². The Morgan fingerprint density at radius 2 is 2.00 bits per heavy atom. The second-order valence-corrected chi connectivity index (χ2v) is 7.71. The highest BCUT2D eigenvalue weighted by Crippen LogP contribution is 2.21. The molecule has 0 saturated carbocycles. The second-order valence-electron chi connectivity index (χ2n) is 4.93. The number of carbonyl (C=O) groups excluding carboxylic acids is 1. The van der Waals surface area contributed by atoms with Gasteiger partial charge in [0.1, 0.15) is 0 Å². The van der Waals surface area contributed by atoms with Gasteiger partial charge in [0.2, 0.25) is 0 Å². The monoisotopic (exact) mass is 444 g/mol. The highest BCUT2D eigenvalue weighted by molar-refractivity contribution is 9.28. The highest BCUT2D eigenvalue weighted by atomic mass is 79.9. The van der Waals surface area contributed by atoms with Gasteiger partial charge in [-0.05, 0) is 63.1 Å². The molecule has 0 N–H and O–H groups in total. The molecule has 1 aromatic carbocycles. The van der Waals surface area contributed by atoms with E-state index in [0.717, 1.165) is 16.2 Å². The predicted molar refractivity (Wildman–Crippen MR) is 101 cm³/mol. The Morgan fingerprint density at radius 1 is 1.26 bits per heavy atom. The number of hydrogen-bond donors (Lipinski definition) is 0. The lowest BCUT2D eigenvalue weighted by atomic mass is 10.0. The molecular weight excluding hydrogens is 424 g/mol. The van der Waals surface area contributed by atoms with E-state index < -0.39 is 0 Å². The van der Waals surface area contributed by atoms with E-state index >= 15 is 0 Å². The van der Waals surface area contributed by atoms with Crippen molar-refractivity contribution in [3.63, 3.8) is 0 Å². The summed E-state index contributed by atoms with van der Waals surface area (Å²) in [6.45, 7) is 3.47. The number of hydrogen-bond acceptors (Lipinski definition) is 3. The predicted octanol–water partition coefficient (Wildman–Crippen LogP) is 5.35. The van der Waals surface area contributed by atoms with Crippen molar-refractivity contribution in [1.29, 1.82) is 0 Å². The van der Waals surface area contributed by atoms with Gasteiger partial charge in [-0.1, -0.05) is 42.5 Å². The highest BCUT2D eigenvalue weighted by Gasteiger charge is 2.06. The number of ether oxygens (including phenoxy) is 2. The quantitative estimate of drug-likeness (QED) is 0.276. The molecule has 126 valence electrons. The number of esters is 1. The Morgan fingerprint density at radius 3 is 2.65 bits per heavy atom. The minimum atomic E-state index is -0.298. The Labute approximate surface area is 155 Å². The minimum absolute atomic E-state index is 0.283. The van der Waals surface area contributed by atoms with Crippen molar-refractivity contribution in [2.75, 3.05) is 13.2 Å². The zero-order valence-corrected chi connectivity index (χ0v) is 16.4. The zero-order chi connectivity index (χ0) is 16.9. The van der Waals surface area contributed by atoms with E-state index in [4.69, 9.17) is 9.47 Å². The van der Waals surface area contributed by atoms with Gasteiger partial charge < -0.3 is 9.47 Å². The van der Waals surface area contributed by atoms with Crippen LogP contribution >= 0.6 is 31.9 Å². The second kappa shape index (κ2) is 12.5. The van der Waals surface area contributed by atoms with Crippen LogP contribution in [-0.2, 0) is 20.9 Å². The van der Waals surface area contributed by atoms with Crippen LogP contribution in [0.4, 0.5) is 0 Å². The fourth-order valence-corrected chi connectivity index (χ4v) is 2.72. The van der Waals surface area contributed by atoms with E-state index in [2.05, 4.69) is 50.1 Å². The van der Waals surface area contributed by atoms with Crippen LogP contribution in [0.3, 0.4) is 0 Å². The third-order valence-corrected chi connectivity index (χ3v) is 3.61. The third-order valence-electron chi connectivity index (χ3n) is 3.09. The molecule has 0 aliphatic carbocycles. The molecule has 5 heteroatoms. The molecule has 0 fully saturated rings. The summed E-state index contributed by atoms with van der Waals surface area (Å²) in [6, 6.07) is 10.1. The lowest BCUT2D eigenvalue weighted by Crippen LogP contribution is -2.04. The Hall–Kier alpha value is -0.910. The average molecular weight is 446 g/mol. The molecule has 0 aliphatic rings. The lowest BCUT2D eigenvalue weighted by molar-refractivity contribution is -0.137. The molecule has 1 unspecified atom stereocenters. The largest absolute Gasteiger partial charge is 0.463 e. The molecule has 1 atom stereocenters. The molecular formula is C18H22Br2O3. The minimum Gasteiger partial charge on any atom is -0.463 e. The Kier molecular flexibility index (Phi) is 10.9. The molecule has 1 aromatic rings. The van der Waals surface area contributed by atoms with Gasteiger partial charge >= 0.3 is 5.97 Å². The van der Waals surface area contributed by atoms with E-state index in [9.17, 15) is 4.79 Å². The van der Waals surface area contributed by atoms with Gasteiger partial charge in [0.15, 0.2) is 0 Å². The molecule has 0 spiro atoms. The van der Waals surface area contributed by atoms with Gasteiger partial charge in [0, 0.05) is 12.7 Å². The Bertz CT molecular complexity index is 508. The summed E-state index contributed by atoms with van der Waals surface area (Å²) < 4.78 is 11.5. The fraction of sp³-hybridized carbons (Fsp3) is 0.389. The summed E-state index contributed by atoms with van der Waals surface area (Å²) in [5.41, 5.74) is 1.17. The first kappa shape index (κ1) is 20.1. The van der Waals surface area contributed by atoms with Crippen LogP contribution in [0.15, 0.2) is 52.0 Å². The number of rotatable bonds is 10. The molecule has 1 rings (SSSR count). The molecule has 0 aromatic heterocycles. The van der Waals surface area contributed by atoms with Crippen molar-refractivity contribution in [2.24, 2.45) is 5.92 Å². The molecule has 0 amide bonds. The molecule has 0 saturated heterocycles. The first-order chi connectivity index (χ1) is 11.1. The van der Waals surface area contributed by atoms with E-state index in [0.29, 0.717) is 19.8 Å². The Balaban J connectivity index is 2.36. The molecule has 0 bridgehead atoms. The summed E-state index contributed by atoms with van der Waals surface area (Å²) in [7, 11) is 0. The molecule has 3 nitrogen and oxygen atoms in total. The van der Waals surface area contributed by atoms with Gasteiger partial charge in [-0.2, -0.15) is 0 Å². The summed E-state index contributed by atoms with van der Waals surface area (Å²) in [5.74, 6) is -0.0151. The van der Waals surface area contributed by atoms with Gasteiger partial charge in [0.25, 0.3) is 0 Å². The maximum Gasteiger partial charge on any atom is 0.330 e. The maximum absolute atomic E-state index is 11.3. The summed E-state index contributed by atoms with van der Waals surface area (Å²) in [5, 5.41) is 0. The van der Waals surface area contributed by atoms with Crippen LogP contribution in [0.25, 0.3) is 0 Å². The smallest absolute Gasteiger partial charge is 0.330 e. The molecule has 0 heterocycles. The van der Waals surface area contributed by atoms with Crippen molar-refractivity contribution in [2.45, 2.75) is 26.4 Å². The number of benzene rings is 1. The SMILES string of the molecule is CCOC(=O)/C=C\CC(C=C(Br)Br)CCOCc1ccccc1. The number of carbonyl (C=O) groups is 1. The summed E-state index contributed by atoms with van der Waals surface area (Å²) in [4.78, 5) is 11.3. The molecule has 23 heavy (non-hydrogen) atoms. The summed E-state index contributed by atoms with van der Waals surface area (Å²) in [6.07, 6.45) is 7.03. The first-order valence-corrected chi connectivity index (χ1v) is 9.18. The fourth-order valence-electron chi connectivity index (χ4n) is 1.98.